The third kappa shape index (κ3) is 5.25. The van der Waals surface area contributed by atoms with Crippen LogP contribution in [0.15, 0.2) is 0 Å². The number of hydrogen-bond donors (Lipinski definition) is 1. The minimum Gasteiger partial charge on any atom is -0.444 e. The summed E-state index contributed by atoms with van der Waals surface area (Å²) in [6.45, 7) is 5.93. The number of amides is 1. The average Bonchev–Trinajstić information content (AvgIpc) is 2.86. The summed E-state index contributed by atoms with van der Waals surface area (Å²) >= 11 is 0. The Labute approximate surface area is 169 Å². The Morgan fingerprint density at radius 1 is 1.38 bits per heavy atom. The van der Waals surface area contributed by atoms with Crippen molar-refractivity contribution in [1.29, 1.82) is 0 Å². The van der Waals surface area contributed by atoms with Crippen molar-refractivity contribution in [2.24, 2.45) is 5.92 Å². The quantitative estimate of drug-likeness (QED) is 0.788. The molecule has 0 saturated carbocycles. The molecule has 2 aliphatic rings. The number of halogens is 2. The minimum absolute atomic E-state index is 0.0292. The molecule has 1 atom stereocenters. The van der Waals surface area contributed by atoms with E-state index in [1.807, 2.05) is 0 Å². The average molecular weight is 435 g/mol. The second kappa shape index (κ2) is 7.50. The maximum absolute atomic E-state index is 15.0. The lowest BCUT2D eigenvalue weighted by molar-refractivity contribution is -0.0224. The molecule has 11 heteroatoms. The minimum atomic E-state index is -3.40. The standard InChI is InChI=1S/C18H28F2N4O4S/c1-17(2,3)28-16(25)23-8-6-14-13(11-23)15-18(19,20)7-5-12(10-24(15)22-14)9-21-29(4,26)27/h12,21H,5-11H2,1-4H3. The van der Waals surface area contributed by atoms with Crippen LogP contribution in [0.1, 0.15) is 50.6 Å². The van der Waals surface area contributed by atoms with Crippen molar-refractivity contribution in [3.05, 3.63) is 17.0 Å². The monoisotopic (exact) mass is 434 g/mol. The number of alkyl halides is 2. The molecule has 3 heterocycles. The molecule has 1 aromatic rings. The number of fused-ring (bicyclic) bond motifs is 3. The second-order valence-electron chi connectivity index (χ2n) is 8.84. The van der Waals surface area contributed by atoms with Crippen LogP contribution in [0.4, 0.5) is 13.6 Å². The van der Waals surface area contributed by atoms with E-state index in [2.05, 4.69) is 9.82 Å². The fourth-order valence-corrected chi connectivity index (χ4v) is 4.26. The van der Waals surface area contributed by atoms with Gasteiger partial charge in [-0.05, 0) is 33.1 Å². The summed E-state index contributed by atoms with van der Waals surface area (Å²) < 4.78 is 61.8. The van der Waals surface area contributed by atoms with Gasteiger partial charge in [-0.3, -0.25) is 4.68 Å². The van der Waals surface area contributed by atoms with Crippen LogP contribution < -0.4 is 4.72 Å². The van der Waals surface area contributed by atoms with Crippen molar-refractivity contribution < 1.29 is 26.7 Å². The van der Waals surface area contributed by atoms with E-state index in [9.17, 15) is 22.0 Å². The molecular weight excluding hydrogens is 406 g/mol. The highest BCUT2D eigenvalue weighted by atomic mass is 32.2. The van der Waals surface area contributed by atoms with E-state index in [-0.39, 0.29) is 37.7 Å². The molecule has 3 rings (SSSR count). The van der Waals surface area contributed by atoms with E-state index >= 15 is 0 Å². The third-order valence-electron chi connectivity index (χ3n) is 5.03. The first-order valence-corrected chi connectivity index (χ1v) is 11.5. The van der Waals surface area contributed by atoms with E-state index in [4.69, 9.17) is 4.74 Å². The van der Waals surface area contributed by atoms with Gasteiger partial charge in [0.05, 0.1) is 18.5 Å². The molecule has 1 N–H and O–H groups in total. The van der Waals surface area contributed by atoms with Crippen LogP contribution in [0.2, 0.25) is 0 Å². The molecule has 8 nitrogen and oxygen atoms in total. The molecule has 0 aliphatic carbocycles. The Morgan fingerprint density at radius 2 is 2.07 bits per heavy atom. The third-order valence-corrected chi connectivity index (χ3v) is 5.72. The summed E-state index contributed by atoms with van der Waals surface area (Å²) in [6.07, 6.45) is 0.658. The van der Waals surface area contributed by atoms with Gasteiger partial charge in [0.2, 0.25) is 10.0 Å². The summed E-state index contributed by atoms with van der Waals surface area (Å²) in [5.74, 6) is -3.39. The van der Waals surface area contributed by atoms with Crippen molar-refractivity contribution in [3.63, 3.8) is 0 Å². The number of sulfonamides is 1. The van der Waals surface area contributed by atoms with Crippen LogP contribution in [0, 0.1) is 5.92 Å². The molecule has 1 unspecified atom stereocenters. The molecule has 0 fully saturated rings. The molecule has 164 valence electrons. The zero-order valence-corrected chi connectivity index (χ0v) is 18.0. The summed E-state index contributed by atoms with van der Waals surface area (Å²) in [5.41, 5.74) is 0.111. The van der Waals surface area contributed by atoms with Gasteiger partial charge < -0.3 is 9.64 Å². The highest BCUT2D eigenvalue weighted by Gasteiger charge is 2.44. The van der Waals surface area contributed by atoms with Crippen LogP contribution in [0.5, 0.6) is 0 Å². The van der Waals surface area contributed by atoms with E-state index < -0.39 is 34.1 Å². The van der Waals surface area contributed by atoms with Crippen LogP contribution in [0.25, 0.3) is 0 Å². The Kier molecular flexibility index (Phi) is 5.67. The molecule has 1 amide bonds. The van der Waals surface area contributed by atoms with E-state index in [1.165, 1.54) is 9.58 Å². The Hall–Kier alpha value is -1.75. The van der Waals surface area contributed by atoms with Gasteiger partial charge in [0.15, 0.2) is 0 Å². The number of ether oxygens (including phenoxy) is 1. The van der Waals surface area contributed by atoms with Crippen LogP contribution in [-0.2, 0) is 40.2 Å². The van der Waals surface area contributed by atoms with Crippen LogP contribution in [-0.4, -0.2) is 54.1 Å². The van der Waals surface area contributed by atoms with Crippen molar-refractivity contribution in [2.45, 2.75) is 64.6 Å². The molecule has 2 aliphatic heterocycles. The number of aromatic nitrogens is 2. The first kappa shape index (κ1) is 21.9. The summed E-state index contributed by atoms with van der Waals surface area (Å²) in [4.78, 5) is 13.8. The highest BCUT2D eigenvalue weighted by Crippen LogP contribution is 2.41. The van der Waals surface area contributed by atoms with Gasteiger partial charge >= 0.3 is 6.09 Å². The first-order valence-electron chi connectivity index (χ1n) is 9.64. The van der Waals surface area contributed by atoms with Crippen LogP contribution in [0.3, 0.4) is 0 Å². The second-order valence-corrected chi connectivity index (χ2v) is 10.7. The number of carbonyl (C=O) groups is 1. The fourth-order valence-electron chi connectivity index (χ4n) is 3.73. The van der Waals surface area contributed by atoms with Crippen molar-refractivity contribution in [1.82, 2.24) is 19.4 Å². The summed E-state index contributed by atoms with van der Waals surface area (Å²) in [7, 11) is -3.40. The largest absolute Gasteiger partial charge is 0.444 e. The summed E-state index contributed by atoms with van der Waals surface area (Å²) in [5, 5.41) is 4.39. The Morgan fingerprint density at radius 3 is 2.69 bits per heavy atom. The lowest BCUT2D eigenvalue weighted by atomic mass is 9.98. The Balaban J connectivity index is 1.85. The van der Waals surface area contributed by atoms with Crippen molar-refractivity contribution in [2.75, 3.05) is 19.3 Å². The topological polar surface area (TPSA) is 93.5 Å². The number of rotatable bonds is 3. The lowest BCUT2D eigenvalue weighted by Crippen LogP contribution is -2.40. The zero-order chi connectivity index (χ0) is 21.6. The molecular formula is C18H28F2N4O4S. The summed E-state index contributed by atoms with van der Waals surface area (Å²) in [6, 6.07) is 0. The first-order chi connectivity index (χ1) is 13.3. The van der Waals surface area contributed by atoms with Gasteiger partial charge in [-0.15, -0.1) is 0 Å². The van der Waals surface area contributed by atoms with Gasteiger partial charge in [-0.2, -0.15) is 13.9 Å². The van der Waals surface area contributed by atoms with E-state index in [0.29, 0.717) is 24.2 Å². The maximum Gasteiger partial charge on any atom is 0.410 e. The number of nitrogens with zero attached hydrogens (tertiary/aromatic N) is 3. The fraction of sp³-hybridized carbons (Fsp3) is 0.778. The van der Waals surface area contributed by atoms with E-state index in [1.54, 1.807) is 20.8 Å². The zero-order valence-electron chi connectivity index (χ0n) is 17.2. The van der Waals surface area contributed by atoms with Gasteiger partial charge in [0, 0.05) is 38.0 Å². The molecule has 0 bridgehead atoms. The SMILES string of the molecule is CC(C)(C)OC(=O)N1CCc2nn3c(c2C1)C(F)(F)CCC(CNS(C)(=O)=O)C3. The number of hydrogen-bond acceptors (Lipinski definition) is 5. The molecule has 0 spiro atoms. The van der Waals surface area contributed by atoms with Crippen molar-refractivity contribution in [3.8, 4) is 0 Å². The van der Waals surface area contributed by atoms with Gasteiger partial charge in [0.25, 0.3) is 5.92 Å². The predicted molar refractivity (Wildman–Crippen MR) is 102 cm³/mol. The molecule has 29 heavy (non-hydrogen) atoms. The highest BCUT2D eigenvalue weighted by molar-refractivity contribution is 7.88. The van der Waals surface area contributed by atoms with Gasteiger partial charge in [-0.25, -0.2) is 17.9 Å². The molecule has 0 aromatic carbocycles. The number of nitrogens with one attached hydrogen (secondary N) is 1. The predicted octanol–water partition coefficient (Wildman–Crippen LogP) is 2.23. The molecule has 1 aromatic heterocycles. The normalized spacial score (nSPS) is 21.9. The molecule has 0 saturated heterocycles. The maximum atomic E-state index is 15.0. The number of carbonyl (C=O) groups excluding carboxylic acids is 1. The van der Waals surface area contributed by atoms with E-state index in [0.717, 1.165) is 6.26 Å². The Bertz CT molecular complexity index is 892. The lowest BCUT2D eigenvalue weighted by Gasteiger charge is -2.30. The van der Waals surface area contributed by atoms with Gasteiger partial charge in [-0.1, -0.05) is 0 Å². The smallest absolute Gasteiger partial charge is 0.410 e. The van der Waals surface area contributed by atoms with Crippen LogP contribution >= 0.6 is 0 Å². The van der Waals surface area contributed by atoms with Gasteiger partial charge in [0.1, 0.15) is 11.3 Å². The van der Waals surface area contributed by atoms with Crippen molar-refractivity contribution >= 4 is 16.1 Å². The molecule has 0 radical (unpaired) electrons.